The minimum absolute atomic E-state index is 0. The molecule has 2 aliphatic rings. The van der Waals surface area contributed by atoms with Crippen molar-refractivity contribution in [1.82, 2.24) is 10.2 Å². The highest BCUT2D eigenvalue weighted by Crippen LogP contribution is 2.34. The molecule has 0 radical (unpaired) electrons. The summed E-state index contributed by atoms with van der Waals surface area (Å²) < 4.78 is 5.68. The lowest BCUT2D eigenvalue weighted by Gasteiger charge is -2.22. The Labute approximate surface area is 140 Å². The Hall–Kier alpha value is -0.0400. The minimum Gasteiger partial charge on any atom is -0.379 e. The van der Waals surface area contributed by atoms with Crippen LogP contribution in [0.25, 0.3) is 0 Å². The lowest BCUT2D eigenvalue weighted by atomic mass is 10.2. The van der Waals surface area contributed by atoms with Gasteiger partial charge in [0.15, 0.2) is 5.96 Å². The number of hydrogen-bond donors (Lipinski definition) is 1. The van der Waals surface area contributed by atoms with Gasteiger partial charge < -0.3 is 15.0 Å². The third-order valence-corrected chi connectivity index (χ3v) is 4.09. The topological polar surface area (TPSA) is 36.9 Å². The van der Waals surface area contributed by atoms with E-state index in [9.17, 15) is 0 Å². The highest BCUT2D eigenvalue weighted by molar-refractivity contribution is 14.0. The van der Waals surface area contributed by atoms with E-state index in [0.29, 0.717) is 6.04 Å². The first kappa shape index (κ1) is 18.0. The first-order valence-corrected chi connectivity index (χ1v) is 7.76. The Balaban J connectivity index is 0.00000200. The molecule has 2 unspecified atom stereocenters. The van der Waals surface area contributed by atoms with E-state index in [2.05, 4.69) is 29.2 Å². The SMILES string of the molecule is CCCC1CC1NC(=NC)N(C)CCOCC1CC1.I. The average molecular weight is 395 g/mol. The van der Waals surface area contributed by atoms with E-state index in [1.54, 1.807) is 0 Å². The van der Waals surface area contributed by atoms with E-state index in [1.807, 2.05) is 7.05 Å². The van der Waals surface area contributed by atoms with Crippen LogP contribution in [-0.4, -0.2) is 50.8 Å². The molecule has 0 spiro atoms. The predicted molar refractivity (Wildman–Crippen MR) is 94.9 cm³/mol. The van der Waals surface area contributed by atoms with E-state index in [-0.39, 0.29) is 24.0 Å². The van der Waals surface area contributed by atoms with Gasteiger partial charge in [-0.05, 0) is 37.5 Å². The largest absolute Gasteiger partial charge is 0.379 e. The van der Waals surface area contributed by atoms with Gasteiger partial charge >= 0.3 is 0 Å². The van der Waals surface area contributed by atoms with Crippen LogP contribution in [-0.2, 0) is 4.74 Å². The van der Waals surface area contributed by atoms with Crippen LogP contribution in [0.3, 0.4) is 0 Å². The van der Waals surface area contributed by atoms with Gasteiger partial charge in [0.25, 0.3) is 0 Å². The Morgan fingerprint density at radius 2 is 2.15 bits per heavy atom. The van der Waals surface area contributed by atoms with Gasteiger partial charge in [-0.25, -0.2) is 0 Å². The number of nitrogens with zero attached hydrogens (tertiary/aromatic N) is 2. The molecule has 4 nitrogen and oxygen atoms in total. The second-order valence-corrected chi connectivity index (χ2v) is 6.02. The fourth-order valence-electron chi connectivity index (χ4n) is 2.47. The van der Waals surface area contributed by atoms with Crippen LogP contribution in [0.1, 0.15) is 39.0 Å². The second-order valence-electron chi connectivity index (χ2n) is 6.02. The molecular formula is C15H30IN3O. The average Bonchev–Trinajstić information content (AvgIpc) is 3.29. The summed E-state index contributed by atoms with van der Waals surface area (Å²) in [6.45, 7) is 4.92. The molecule has 1 N–H and O–H groups in total. The molecule has 2 atom stereocenters. The van der Waals surface area contributed by atoms with Gasteiger partial charge in [-0.1, -0.05) is 13.3 Å². The highest BCUT2D eigenvalue weighted by Gasteiger charge is 2.36. The smallest absolute Gasteiger partial charge is 0.193 e. The number of ether oxygens (including phenoxy) is 1. The molecule has 0 saturated heterocycles. The lowest BCUT2D eigenvalue weighted by molar-refractivity contribution is 0.115. The van der Waals surface area contributed by atoms with Crippen molar-refractivity contribution in [2.45, 2.75) is 45.1 Å². The molecule has 118 valence electrons. The van der Waals surface area contributed by atoms with Gasteiger partial charge in [0, 0.05) is 33.3 Å². The Morgan fingerprint density at radius 1 is 1.40 bits per heavy atom. The van der Waals surface area contributed by atoms with E-state index in [1.165, 1.54) is 32.1 Å². The highest BCUT2D eigenvalue weighted by atomic mass is 127. The second kappa shape index (κ2) is 9.07. The van der Waals surface area contributed by atoms with E-state index < -0.39 is 0 Å². The predicted octanol–water partition coefficient (Wildman–Crippen LogP) is 2.73. The maximum absolute atomic E-state index is 5.68. The van der Waals surface area contributed by atoms with E-state index in [4.69, 9.17) is 4.74 Å². The molecule has 0 bridgehead atoms. The number of aliphatic imine (C=N–C) groups is 1. The van der Waals surface area contributed by atoms with Crippen molar-refractivity contribution in [3.63, 3.8) is 0 Å². The molecular weight excluding hydrogens is 365 g/mol. The monoisotopic (exact) mass is 395 g/mol. The number of nitrogens with one attached hydrogen (secondary N) is 1. The van der Waals surface area contributed by atoms with Crippen molar-refractivity contribution < 1.29 is 4.74 Å². The Kier molecular flexibility index (Phi) is 8.17. The summed E-state index contributed by atoms with van der Waals surface area (Å²) in [6, 6.07) is 0.647. The van der Waals surface area contributed by atoms with Crippen LogP contribution in [0.4, 0.5) is 0 Å². The van der Waals surface area contributed by atoms with Crippen LogP contribution < -0.4 is 5.32 Å². The maximum Gasteiger partial charge on any atom is 0.193 e. The first-order chi connectivity index (χ1) is 9.24. The van der Waals surface area contributed by atoms with Crippen LogP contribution in [0.2, 0.25) is 0 Å². The molecule has 0 aromatic carbocycles. The molecule has 2 rings (SSSR count). The van der Waals surface area contributed by atoms with Crippen molar-refractivity contribution >= 4 is 29.9 Å². The van der Waals surface area contributed by atoms with Crippen molar-refractivity contribution in [3.8, 4) is 0 Å². The molecule has 2 aliphatic carbocycles. The quantitative estimate of drug-likeness (QED) is 0.297. The van der Waals surface area contributed by atoms with E-state index in [0.717, 1.165) is 37.6 Å². The van der Waals surface area contributed by atoms with Crippen LogP contribution in [0.5, 0.6) is 0 Å². The molecule has 2 fully saturated rings. The molecule has 0 amide bonds. The zero-order chi connectivity index (χ0) is 13.7. The summed E-state index contributed by atoms with van der Waals surface area (Å²) in [5.41, 5.74) is 0. The van der Waals surface area contributed by atoms with Crippen LogP contribution in [0.15, 0.2) is 4.99 Å². The van der Waals surface area contributed by atoms with Crippen LogP contribution in [0, 0.1) is 11.8 Å². The molecule has 2 saturated carbocycles. The summed E-state index contributed by atoms with van der Waals surface area (Å²) >= 11 is 0. The summed E-state index contributed by atoms with van der Waals surface area (Å²) in [5, 5.41) is 3.56. The van der Waals surface area contributed by atoms with Gasteiger partial charge in [-0.2, -0.15) is 0 Å². The van der Waals surface area contributed by atoms with Gasteiger partial charge in [0.2, 0.25) is 0 Å². The van der Waals surface area contributed by atoms with Crippen molar-refractivity contribution in [2.24, 2.45) is 16.8 Å². The van der Waals surface area contributed by atoms with Gasteiger partial charge in [-0.3, -0.25) is 4.99 Å². The van der Waals surface area contributed by atoms with Crippen molar-refractivity contribution in [2.75, 3.05) is 33.9 Å². The van der Waals surface area contributed by atoms with Gasteiger partial charge in [-0.15, -0.1) is 24.0 Å². The standard InChI is InChI=1S/C15H29N3O.HI/c1-4-5-13-10-14(13)17-15(16-2)18(3)8-9-19-11-12-6-7-12;/h12-14H,4-11H2,1-3H3,(H,16,17);1H. The number of hydrogen-bond acceptors (Lipinski definition) is 2. The Bertz CT molecular complexity index is 307. The summed E-state index contributed by atoms with van der Waals surface area (Å²) in [6.07, 6.45) is 6.65. The summed E-state index contributed by atoms with van der Waals surface area (Å²) in [5.74, 6) is 2.73. The maximum atomic E-state index is 5.68. The van der Waals surface area contributed by atoms with Gasteiger partial charge in [0.1, 0.15) is 0 Å². The molecule has 0 aromatic rings. The summed E-state index contributed by atoms with van der Waals surface area (Å²) in [7, 11) is 3.95. The lowest BCUT2D eigenvalue weighted by Crippen LogP contribution is -2.42. The molecule has 5 heteroatoms. The van der Waals surface area contributed by atoms with Crippen LogP contribution >= 0.6 is 24.0 Å². The molecule has 20 heavy (non-hydrogen) atoms. The number of halogens is 1. The van der Waals surface area contributed by atoms with Crippen molar-refractivity contribution in [1.29, 1.82) is 0 Å². The Morgan fingerprint density at radius 3 is 2.75 bits per heavy atom. The fourth-order valence-corrected chi connectivity index (χ4v) is 2.47. The first-order valence-electron chi connectivity index (χ1n) is 7.76. The number of rotatable bonds is 8. The zero-order valence-electron chi connectivity index (χ0n) is 13.1. The molecule has 0 aromatic heterocycles. The molecule has 0 aliphatic heterocycles. The fraction of sp³-hybridized carbons (Fsp3) is 0.933. The molecule has 0 heterocycles. The third kappa shape index (κ3) is 6.16. The summed E-state index contributed by atoms with van der Waals surface area (Å²) in [4.78, 5) is 6.54. The minimum atomic E-state index is 0. The van der Waals surface area contributed by atoms with Gasteiger partial charge in [0.05, 0.1) is 6.61 Å². The normalized spacial score (nSPS) is 25.1. The third-order valence-electron chi connectivity index (χ3n) is 4.09. The van der Waals surface area contributed by atoms with E-state index >= 15 is 0 Å². The van der Waals surface area contributed by atoms with Crippen molar-refractivity contribution in [3.05, 3.63) is 0 Å². The number of guanidine groups is 1. The zero-order valence-corrected chi connectivity index (χ0v) is 15.4. The number of likely N-dealkylation sites (N-methyl/N-ethyl adjacent to an activating group) is 1.